The van der Waals surface area contributed by atoms with Crippen molar-refractivity contribution in [3.63, 3.8) is 0 Å². The summed E-state index contributed by atoms with van der Waals surface area (Å²) in [6.45, 7) is 8.70. The number of rotatable bonds is 4. The second-order valence-corrected chi connectivity index (χ2v) is 5.31. The maximum Gasteiger partial charge on any atom is 0.330 e. The van der Waals surface area contributed by atoms with Gasteiger partial charge in [-0.05, 0) is 46.2 Å². The standard InChI is InChI=1S/C13H19BFO2/c1-9-8-10(6-7-11(9)15)14-17-13(4,5)12(2,3)16/h6-8,16H,1-5H3. The first-order valence-corrected chi connectivity index (χ1v) is 5.63. The second-order valence-electron chi connectivity index (χ2n) is 5.31. The molecule has 0 aliphatic heterocycles. The molecule has 0 aliphatic carbocycles. The Morgan fingerprint density at radius 2 is 1.82 bits per heavy atom. The molecule has 93 valence electrons. The molecule has 0 heterocycles. The topological polar surface area (TPSA) is 29.5 Å². The molecule has 0 saturated heterocycles. The SMILES string of the molecule is Cc1cc([B]OC(C)(C)C(C)(C)O)ccc1F. The first-order chi connectivity index (χ1) is 7.63. The van der Waals surface area contributed by atoms with Gasteiger partial charge in [0, 0.05) is 0 Å². The van der Waals surface area contributed by atoms with E-state index in [0.29, 0.717) is 5.56 Å². The summed E-state index contributed by atoms with van der Waals surface area (Å²) in [5.41, 5.74) is -0.321. The van der Waals surface area contributed by atoms with Crippen molar-refractivity contribution in [2.75, 3.05) is 0 Å². The third-order valence-electron chi connectivity index (χ3n) is 3.15. The van der Waals surface area contributed by atoms with Crippen LogP contribution in [-0.4, -0.2) is 23.8 Å². The van der Waals surface area contributed by atoms with Gasteiger partial charge in [-0.1, -0.05) is 17.6 Å². The molecule has 0 aromatic heterocycles. The first kappa shape index (κ1) is 14.2. The van der Waals surface area contributed by atoms with E-state index in [-0.39, 0.29) is 5.82 Å². The Kier molecular flexibility index (Phi) is 4.00. The van der Waals surface area contributed by atoms with Gasteiger partial charge in [-0.2, -0.15) is 0 Å². The van der Waals surface area contributed by atoms with Crippen LogP contribution in [0.2, 0.25) is 0 Å². The van der Waals surface area contributed by atoms with Crippen LogP contribution in [0.4, 0.5) is 4.39 Å². The minimum Gasteiger partial charge on any atom is -0.427 e. The minimum absolute atomic E-state index is 0.233. The summed E-state index contributed by atoms with van der Waals surface area (Å²) in [5, 5.41) is 9.92. The van der Waals surface area contributed by atoms with Crippen molar-refractivity contribution in [2.24, 2.45) is 0 Å². The zero-order valence-electron chi connectivity index (χ0n) is 11.0. The highest BCUT2D eigenvalue weighted by Gasteiger charge is 2.35. The summed E-state index contributed by atoms with van der Waals surface area (Å²) in [4.78, 5) is 0. The average Bonchev–Trinajstić information content (AvgIpc) is 2.18. The molecule has 0 fully saturated rings. The van der Waals surface area contributed by atoms with Crippen LogP contribution in [-0.2, 0) is 4.65 Å². The molecule has 0 atom stereocenters. The Balaban J connectivity index is 2.71. The zero-order valence-corrected chi connectivity index (χ0v) is 11.0. The van der Waals surface area contributed by atoms with Gasteiger partial charge in [0.1, 0.15) is 5.82 Å². The molecule has 0 amide bonds. The van der Waals surface area contributed by atoms with Gasteiger partial charge in [0.15, 0.2) is 0 Å². The fourth-order valence-electron chi connectivity index (χ4n) is 1.10. The van der Waals surface area contributed by atoms with Crippen LogP contribution in [0.3, 0.4) is 0 Å². The molecule has 2 nitrogen and oxygen atoms in total. The number of aryl methyl sites for hydroxylation is 1. The summed E-state index contributed by atoms with van der Waals surface area (Å²) in [5.74, 6) is -0.233. The van der Waals surface area contributed by atoms with Crippen molar-refractivity contribution in [3.8, 4) is 0 Å². The molecule has 0 aliphatic rings. The molecular formula is C13H19BFO2. The predicted octanol–water partition coefficient (Wildman–Crippen LogP) is 1.94. The Bertz CT molecular complexity index is 397. The fourth-order valence-corrected chi connectivity index (χ4v) is 1.10. The summed E-state index contributed by atoms with van der Waals surface area (Å²) in [6, 6.07) is 4.75. The molecule has 0 bridgehead atoms. The van der Waals surface area contributed by atoms with E-state index in [1.54, 1.807) is 54.2 Å². The first-order valence-electron chi connectivity index (χ1n) is 5.63. The lowest BCUT2D eigenvalue weighted by Gasteiger charge is -2.37. The van der Waals surface area contributed by atoms with E-state index in [4.69, 9.17) is 4.65 Å². The molecule has 1 rings (SSSR count). The van der Waals surface area contributed by atoms with Gasteiger partial charge in [0.2, 0.25) is 0 Å². The highest BCUT2D eigenvalue weighted by Crippen LogP contribution is 2.24. The lowest BCUT2D eigenvalue weighted by atomic mass is 9.82. The maximum atomic E-state index is 13.1. The number of hydrogen-bond donors (Lipinski definition) is 1. The van der Waals surface area contributed by atoms with Crippen molar-refractivity contribution in [3.05, 3.63) is 29.6 Å². The van der Waals surface area contributed by atoms with Gasteiger partial charge in [0.25, 0.3) is 0 Å². The molecule has 17 heavy (non-hydrogen) atoms. The molecule has 0 saturated carbocycles. The predicted molar refractivity (Wildman–Crippen MR) is 68.0 cm³/mol. The zero-order chi connectivity index (χ0) is 13.3. The van der Waals surface area contributed by atoms with E-state index >= 15 is 0 Å². The van der Waals surface area contributed by atoms with Gasteiger partial charge in [-0.15, -0.1) is 0 Å². The van der Waals surface area contributed by atoms with E-state index in [2.05, 4.69) is 0 Å². The third kappa shape index (κ3) is 3.55. The van der Waals surface area contributed by atoms with E-state index < -0.39 is 11.2 Å². The van der Waals surface area contributed by atoms with Crippen molar-refractivity contribution in [1.29, 1.82) is 0 Å². The number of halogens is 1. The molecule has 1 aromatic rings. The fraction of sp³-hybridized carbons (Fsp3) is 0.538. The van der Waals surface area contributed by atoms with Gasteiger partial charge in [-0.25, -0.2) is 4.39 Å². The lowest BCUT2D eigenvalue weighted by Crippen LogP contribution is -2.49. The minimum atomic E-state index is -0.960. The quantitative estimate of drug-likeness (QED) is 0.811. The summed E-state index contributed by atoms with van der Waals surface area (Å²) in [6.07, 6.45) is 0. The Hall–Kier alpha value is -0.865. The van der Waals surface area contributed by atoms with Gasteiger partial charge in [-0.3, -0.25) is 0 Å². The van der Waals surface area contributed by atoms with E-state index in [0.717, 1.165) is 5.46 Å². The summed E-state index contributed by atoms with van der Waals surface area (Å²) >= 11 is 0. The van der Waals surface area contributed by atoms with E-state index in [1.807, 2.05) is 0 Å². The monoisotopic (exact) mass is 237 g/mol. The van der Waals surface area contributed by atoms with Crippen LogP contribution < -0.4 is 5.46 Å². The number of benzene rings is 1. The lowest BCUT2D eigenvalue weighted by molar-refractivity contribution is -0.0893. The molecule has 0 unspecified atom stereocenters. The van der Waals surface area contributed by atoms with Crippen LogP contribution in [0.25, 0.3) is 0 Å². The second kappa shape index (κ2) is 4.79. The van der Waals surface area contributed by atoms with Crippen LogP contribution in [0, 0.1) is 12.7 Å². The highest BCUT2D eigenvalue weighted by molar-refractivity contribution is 6.47. The van der Waals surface area contributed by atoms with Gasteiger partial charge < -0.3 is 9.76 Å². The van der Waals surface area contributed by atoms with Crippen LogP contribution in [0.1, 0.15) is 33.3 Å². The molecule has 1 N–H and O–H groups in total. The molecule has 0 spiro atoms. The Morgan fingerprint density at radius 3 is 2.29 bits per heavy atom. The van der Waals surface area contributed by atoms with Gasteiger partial charge >= 0.3 is 7.48 Å². The van der Waals surface area contributed by atoms with Crippen LogP contribution >= 0.6 is 0 Å². The molecule has 1 aromatic carbocycles. The molecular weight excluding hydrogens is 218 g/mol. The van der Waals surface area contributed by atoms with Crippen molar-refractivity contribution >= 4 is 12.9 Å². The number of aliphatic hydroxyl groups is 1. The smallest absolute Gasteiger partial charge is 0.330 e. The van der Waals surface area contributed by atoms with Crippen LogP contribution in [0.15, 0.2) is 18.2 Å². The Morgan fingerprint density at radius 1 is 1.24 bits per heavy atom. The van der Waals surface area contributed by atoms with E-state index in [1.165, 1.54) is 6.07 Å². The van der Waals surface area contributed by atoms with E-state index in [9.17, 15) is 9.50 Å². The van der Waals surface area contributed by atoms with Gasteiger partial charge in [0.05, 0.1) is 11.2 Å². The normalized spacial score (nSPS) is 12.6. The molecule has 4 heteroatoms. The highest BCUT2D eigenvalue weighted by atomic mass is 19.1. The summed E-state index contributed by atoms with van der Waals surface area (Å²) < 4.78 is 18.6. The maximum absolute atomic E-state index is 13.1. The average molecular weight is 237 g/mol. The number of hydrogen-bond acceptors (Lipinski definition) is 2. The van der Waals surface area contributed by atoms with Crippen molar-refractivity contribution < 1.29 is 14.2 Å². The van der Waals surface area contributed by atoms with Crippen molar-refractivity contribution in [1.82, 2.24) is 0 Å². The van der Waals surface area contributed by atoms with Crippen LogP contribution in [0.5, 0.6) is 0 Å². The van der Waals surface area contributed by atoms with Crippen molar-refractivity contribution in [2.45, 2.75) is 45.8 Å². The molecule has 1 radical (unpaired) electrons. The largest absolute Gasteiger partial charge is 0.427 e. The Labute approximate surface area is 103 Å². The third-order valence-corrected chi connectivity index (χ3v) is 3.15. The summed E-state index contributed by atoms with van der Waals surface area (Å²) in [7, 11) is 1.55.